The monoisotopic (exact) mass is 335 g/mol. The number of aromatic nitrogens is 4. The van der Waals surface area contributed by atoms with Crippen LogP contribution in [0.5, 0.6) is 0 Å². The molecule has 0 spiro atoms. The number of rotatable bonds is 3. The standard InChI is InChI=1S/C12H10BrN5S/c13-8-3-1-2-7(4-8)11-16-10(17-18-11)5-9-6-19-12(14)15-9/h1-4,6H,5H2,(H2,14,15)(H,16,17,18). The van der Waals surface area contributed by atoms with Gasteiger partial charge in [0.15, 0.2) is 11.0 Å². The average Bonchev–Trinajstić information content (AvgIpc) is 2.99. The molecule has 0 saturated carbocycles. The number of nitrogen functional groups attached to an aromatic ring is 1. The number of H-pyrrole nitrogens is 1. The van der Waals surface area contributed by atoms with E-state index in [0.717, 1.165) is 21.6 Å². The van der Waals surface area contributed by atoms with Crippen LogP contribution in [-0.4, -0.2) is 20.2 Å². The van der Waals surface area contributed by atoms with Crippen molar-refractivity contribution in [2.24, 2.45) is 0 Å². The number of hydrogen-bond donors (Lipinski definition) is 2. The van der Waals surface area contributed by atoms with Gasteiger partial charge in [-0.2, -0.15) is 5.10 Å². The minimum atomic E-state index is 0.571. The number of nitrogens with two attached hydrogens (primary N) is 1. The Labute approximate surface area is 122 Å². The van der Waals surface area contributed by atoms with Crippen LogP contribution in [0.4, 0.5) is 5.13 Å². The van der Waals surface area contributed by atoms with E-state index in [1.54, 1.807) is 0 Å². The zero-order valence-electron chi connectivity index (χ0n) is 9.80. The van der Waals surface area contributed by atoms with Crippen LogP contribution >= 0.6 is 27.3 Å². The topological polar surface area (TPSA) is 80.5 Å². The Morgan fingerprint density at radius 3 is 2.95 bits per heavy atom. The molecule has 0 unspecified atom stereocenters. The third-order valence-corrected chi connectivity index (χ3v) is 3.75. The van der Waals surface area contributed by atoms with E-state index in [0.29, 0.717) is 17.4 Å². The minimum Gasteiger partial charge on any atom is -0.375 e. The van der Waals surface area contributed by atoms with Crippen LogP contribution in [0.2, 0.25) is 0 Å². The fourth-order valence-corrected chi connectivity index (χ4v) is 2.67. The molecule has 0 saturated heterocycles. The van der Waals surface area contributed by atoms with Crippen molar-refractivity contribution >= 4 is 32.4 Å². The molecule has 0 aliphatic rings. The van der Waals surface area contributed by atoms with Gasteiger partial charge in [-0.3, -0.25) is 5.10 Å². The molecule has 3 aromatic rings. The average molecular weight is 336 g/mol. The molecule has 0 bridgehead atoms. The number of nitrogens with zero attached hydrogens (tertiary/aromatic N) is 3. The number of benzene rings is 1. The second-order valence-electron chi connectivity index (χ2n) is 3.97. The second kappa shape index (κ2) is 5.10. The fraction of sp³-hybridized carbons (Fsp3) is 0.0833. The summed E-state index contributed by atoms with van der Waals surface area (Å²) >= 11 is 4.86. The molecule has 0 atom stereocenters. The SMILES string of the molecule is Nc1nc(Cc2nc(-c3cccc(Br)c3)n[nH]2)cs1. The maximum Gasteiger partial charge on any atom is 0.181 e. The number of halogens is 1. The second-order valence-corrected chi connectivity index (χ2v) is 5.78. The zero-order valence-corrected chi connectivity index (χ0v) is 12.2. The van der Waals surface area contributed by atoms with Crippen LogP contribution in [0.15, 0.2) is 34.1 Å². The molecule has 1 aromatic carbocycles. The quantitative estimate of drug-likeness (QED) is 0.771. The molecule has 2 heterocycles. The first-order chi connectivity index (χ1) is 9.20. The van der Waals surface area contributed by atoms with Crippen LogP contribution in [0.25, 0.3) is 11.4 Å². The maximum atomic E-state index is 5.60. The smallest absolute Gasteiger partial charge is 0.181 e. The van der Waals surface area contributed by atoms with Crippen LogP contribution in [-0.2, 0) is 6.42 Å². The molecule has 0 radical (unpaired) electrons. The molecule has 7 heteroatoms. The molecule has 0 aliphatic heterocycles. The Kier molecular flexibility index (Phi) is 3.31. The lowest BCUT2D eigenvalue weighted by Gasteiger charge is -1.95. The summed E-state index contributed by atoms with van der Waals surface area (Å²) in [5, 5.41) is 9.65. The molecule has 3 N–H and O–H groups in total. The largest absolute Gasteiger partial charge is 0.375 e. The first-order valence-corrected chi connectivity index (χ1v) is 7.25. The molecule has 0 fully saturated rings. The highest BCUT2D eigenvalue weighted by Gasteiger charge is 2.08. The van der Waals surface area contributed by atoms with E-state index < -0.39 is 0 Å². The van der Waals surface area contributed by atoms with Gasteiger partial charge in [-0.05, 0) is 12.1 Å². The highest BCUT2D eigenvalue weighted by molar-refractivity contribution is 9.10. The van der Waals surface area contributed by atoms with Crippen molar-refractivity contribution < 1.29 is 0 Å². The van der Waals surface area contributed by atoms with Gasteiger partial charge in [0.25, 0.3) is 0 Å². The van der Waals surface area contributed by atoms with E-state index in [-0.39, 0.29) is 0 Å². The van der Waals surface area contributed by atoms with Gasteiger partial charge in [0.2, 0.25) is 0 Å². The Morgan fingerprint density at radius 2 is 2.21 bits per heavy atom. The van der Waals surface area contributed by atoms with Crippen LogP contribution in [0.3, 0.4) is 0 Å². The Balaban J connectivity index is 1.83. The van der Waals surface area contributed by atoms with E-state index in [4.69, 9.17) is 5.73 Å². The molecular weight excluding hydrogens is 326 g/mol. The molecule has 0 aliphatic carbocycles. The van der Waals surface area contributed by atoms with Gasteiger partial charge < -0.3 is 5.73 Å². The van der Waals surface area contributed by atoms with Gasteiger partial charge in [0, 0.05) is 15.4 Å². The zero-order chi connectivity index (χ0) is 13.2. The van der Waals surface area contributed by atoms with E-state index in [1.165, 1.54) is 11.3 Å². The van der Waals surface area contributed by atoms with Gasteiger partial charge >= 0.3 is 0 Å². The molecule has 0 amide bonds. The lowest BCUT2D eigenvalue weighted by molar-refractivity contribution is 0.952. The third kappa shape index (κ3) is 2.82. The van der Waals surface area contributed by atoms with Gasteiger partial charge in [-0.15, -0.1) is 11.3 Å². The molecule has 96 valence electrons. The molecule has 2 aromatic heterocycles. The Hall–Kier alpha value is -1.73. The van der Waals surface area contributed by atoms with Crippen molar-refractivity contribution in [1.82, 2.24) is 20.2 Å². The van der Waals surface area contributed by atoms with Gasteiger partial charge in [-0.25, -0.2) is 9.97 Å². The fourth-order valence-electron chi connectivity index (χ4n) is 1.71. The predicted octanol–water partition coefficient (Wildman–Crippen LogP) is 2.86. The van der Waals surface area contributed by atoms with E-state index in [2.05, 4.69) is 36.1 Å². The highest BCUT2D eigenvalue weighted by atomic mass is 79.9. The van der Waals surface area contributed by atoms with Gasteiger partial charge in [0.1, 0.15) is 5.82 Å². The highest BCUT2D eigenvalue weighted by Crippen LogP contribution is 2.20. The summed E-state index contributed by atoms with van der Waals surface area (Å²) in [7, 11) is 0. The minimum absolute atomic E-state index is 0.571. The first kappa shape index (κ1) is 12.3. The summed E-state index contributed by atoms with van der Waals surface area (Å²) in [6, 6.07) is 7.87. The van der Waals surface area contributed by atoms with Crippen molar-refractivity contribution in [2.45, 2.75) is 6.42 Å². The molecule has 3 rings (SSSR count). The molecule has 19 heavy (non-hydrogen) atoms. The first-order valence-electron chi connectivity index (χ1n) is 5.58. The van der Waals surface area contributed by atoms with E-state index in [9.17, 15) is 0 Å². The number of nitrogens with one attached hydrogen (secondary N) is 1. The summed E-state index contributed by atoms with van der Waals surface area (Å²) in [4.78, 5) is 8.67. The van der Waals surface area contributed by atoms with Crippen LogP contribution in [0.1, 0.15) is 11.5 Å². The van der Waals surface area contributed by atoms with Crippen LogP contribution in [0, 0.1) is 0 Å². The summed E-state index contributed by atoms with van der Waals surface area (Å²) in [5.74, 6) is 1.46. The van der Waals surface area contributed by atoms with E-state index >= 15 is 0 Å². The number of thiazole rings is 1. The summed E-state index contributed by atoms with van der Waals surface area (Å²) in [5.41, 5.74) is 7.47. The third-order valence-electron chi connectivity index (χ3n) is 2.53. The van der Waals surface area contributed by atoms with E-state index in [1.807, 2.05) is 29.6 Å². The molecule has 5 nitrogen and oxygen atoms in total. The summed E-state index contributed by atoms with van der Waals surface area (Å²) in [6.45, 7) is 0. The predicted molar refractivity (Wildman–Crippen MR) is 78.9 cm³/mol. The lowest BCUT2D eigenvalue weighted by Crippen LogP contribution is -1.92. The lowest BCUT2D eigenvalue weighted by atomic mass is 10.2. The Bertz CT molecular complexity index is 705. The van der Waals surface area contributed by atoms with Crippen molar-refractivity contribution in [1.29, 1.82) is 0 Å². The number of anilines is 1. The van der Waals surface area contributed by atoms with Gasteiger partial charge in [-0.1, -0.05) is 28.1 Å². The van der Waals surface area contributed by atoms with Crippen molar-refractivity contribution in [3.63, 3.8) is 0 Å². The Morgan fingerprint density at radius 1 is 1.32 bits per heavy atom. The van der Waals surface area contributed by atoms with Crippen molar-refractivity contribution in [3.05, 3.63) is 45.6 Å². The number of hydrogen-bond acceptors (Lipinski definition) is 5. The van der Waals surface area contributed by atoms with Crippen molar-refractivity contribution in [3.8, 4) is 11.4 Å². The number of aromatic amines is 1. The maximum absolute atomic E-state index is 5.60. The van der Waals surface area contributed by atoms with Crippen molar-refractivity contribution in [2.75, 3.05) is 5.73 Å². The summed E-state index contributed by atoms with van der Waals surface area (Å²) in [6.07, 6.45) is 0.606. The summed E-state index contributed by atoms with van der Waals surface area (Å²) < 4.78 is 1.00. The normalized spacial score (nSPS) is 10.8. The van der Waals surface area contributed by atoms with Crippen LogP contribution < -0.4 is 5.73 Å². The van der Waals surface area contributed by atoms with Gasteiger partial charge in [0.05, 0.1) is 12.1 Å². The molecular formula is C12H10BrN5S.